The number of hydrogen-bond donors (Lipinski definition) is 1. The number of alkyl halides is 5. The van der Waals surface area contributed by atoms with Crippen LogP contribution in [-0.2, 0) is 18.7 Å². The fraction of sp³-hybridized carbons (Fsp3) is 0.316. The predicted octanol–water partition coefficient (Wildman–Crippen LogP) is 4.27. The molecule has 3 nitrogen and oxygen atoms in total. The van der Waals surface area contributed by atoms with Gasteiger partial charge in [-0.2, -0.15) is 0 Å². The SMILES string of the molecule is O=C1Nc2cccc3c2C12CCN(Cc1ccccc1)CI2C3(F)F. The van der Waals surface area contributed by atoms with Gasteiger partial charge in [-0.15, -0.1) is 0 Å². The number of benzene rings is 2. The van der Waals surface area contributed by atoms with E-state index < -0.39 is 27.2 Å². The van der Waals surface area contributed by atoms with Gasteiger partial charge in [-0.05, 0) is 0 Å². The minimum absolute atomic E-state index is 0.107. The molecule has 0 aromatic heterocycles. The van der Waals surface area contributed by atoms with Gasteiger partial charge in [-0.1, -0.05) is 0 Å². The van der Waals surface area contributed by atoms with Crippen LogP contribution >= 0.6 is 19.8 Å². The maximum absolute atomic E-state index is 15.3. The van der Waals surface area contributed by atoms with Gasteiger partial charge >= 0.3 is 152 Å². The molecule has 1 fully saturated rings. The van der Waals surface area contributed by atoms with E-state index in [0.29, 0.717) is 35.3 Å². The summed E-state index contributed by atoms with van der Waals surface area (Å²) in [5, 5.41) is 2.88. The van der Waals surface area contributed by atoms with Crippen LogP contribution in [0.25, 0.3) is 0 Å². The van der Waals surface area contributed by atoms with Crippen molar-refractivity contribution < 1.29 is 13.6 Å². The molecule has 1 saturated heterocycles. The molecule has 0 saturated carbocycles. The van der Waals surface area contributed by atoms with Gasteiger partial charge in [-0.25, -0.2) is 0 Å². The van der Waals surface area contributed by atoms with Gasteiger partial charge in [0.2, 0.25) is 0 Å². The molecule has 0 radical (unpaired) electrons. The maximum atomic E-state index is 15.3. The normalized spacial score (nSPS) is 27.8. The Hall–Kier alpha value is -1.54. The minimum atomic E-state index is -2.97. The summed E-state index contributed by atoms with van der Waals surface area (Å²) in [5.41, 5.74) is 2.47. The Morgan fingerprint density at radius 3 is 2.72 bits per heavy atom. The molecule has 5 rings (SSSR count). The van der Waals surface area contributed by atoms with E-state index in [9.17, 15) is 4.79 Å². The molecule has 0 bridgehead atoms. The van der Waals surface area contributed by atoms with Crippen molar-refractivity contribution in [1.82, 2.24) is 4.90 Å². The van der Waals surface area contributed by atoms with Crippen LogP contribution in [0.4, 0.5) is 14.5 Å². The van der Waals surface area contributed by atoms with Crippen molar-refractivity contribution in [2.24, 2.45) is 0 Å². The Balaban J connectivity index is 1.54. The Labute approximate surface area is 151 Å². The van der Waals surface area contributed by atoms with Gasteiger partial charge in [0.05, 0.1) is 0 Å². The van der Waals surface area contributed by atoms with Crippen LogP contribution in [0.3, 0.4) is 0 Å². The summed E-state index contributed by atoms with van der Waals surface area (Å²) in [6.07, 6.45) is 0.510. The van der Waals surface area contributed by atoms with Crippen LogP contribution in [-0.4, -0.2) is 21.9 Å². The summed E-state index contributed by atoms with van der Waals surface area (Å²) in [6, 6.07) is 14.9. The van der Waals surface area contributed by atoms with E-state index in [2.05, 4.69) is 10.2 Å². The molecule has 0 aliphatic carbocycles. The monoisotopic (exact) mass is 454 g/mol. The molecule has 1 atom stereocenters. The number of carbonyl (C=O) groups is 1. The first-order valence-electron chi connectivity index (χ1n) is 8.29. The van der Waals surface area contributed by atoms with Gasteiger partial charge in [0.1, 0.15) is 0 Å². The second-order valence-corrected chi connectivity index (χ2v) is 12.7. The van der Waals surface area contributed by atoms with E-state index in [-0.39, 0.29) is 11.5 Å². The van der Waals surface area contributed by atoms with E-state index in [4.69, 9.17) is 0 Å². The van der Waals surface area contributed by atoms with E-state index in [1.807, 2.05) is 30.3 Å². The molecule has 3 aliphatic heterocycles. The van der Waals surface area contributed by atoms with Crippen molar-refractivity contribution >= 4 is 31.4 Å². The second kappa shape index (κ2) is 5.23. The van der Waals surface area contributed by atoms with Crippen LogP contribution in [0.2, 0.25) is 0 Å². The molecule has 1 spiro atoms. The summed E-state index contributed by atoms with van der Waals surface area (Å²) in [5.74, 6) is -0.184. The third kappa shape index (κ3) is 2.01. The number of carbonyl (C=O) groups excluding carboxylic acids is 1. The molecule has 25 heavy (non-hydrogen) atoms. The number of amides is 1. The first-order chi connectivity index (χ1) is 12.0. The number of halogens is 3. The van der Waals surface area contributed by atoms with E-state index >= 15 is 8.78 Å². The van der Waals surface area contributed by atoms with Gasteiger partial charge < -0.3 is 0 Å². The Morgan fingerprint density at radius 1 is 1.12 bits per heavy atom. The van der Waals surface area contributed by atoms with Crippen LogP contribution < -0.4 is 5.32 Å². The van der Waals surface area contributed by atoms with Crippen LogP contribution in [0.15, 0.2) is 48.5 Å². The van der Waals surface area contributed by atoms with Crippen molar-refractivity contribution in [3.05, 3.63) is 65.2 Å². The summed E-state index contributed by atoms with van der Waals surface area (Å²) in [4.78, 5) is 14.9. The molecule has 6 heteroatoms. The average Bonchev–Trinajstić information content (AvgIpc) is 3.00. The summed E-state index contributed by atoms with van der Waals surface area (Å²) in [6.45, 7) is 1.35. The van der Waals surface area contributed by atoms with Crippen molar-refractivity contribution in [3.8, 4) is 0 Å². The zero-order chi connectivity index (χ0) is 17.2. The molecular weight excluding hydrogens is 437 g/mol. The van der Waals surface area contributed by atoms with Crippen molar-refractivity contribution in [1.29, 1.82) is 0 Å². The summed E-state index contributed by atoms with van der Waals surface area (Å²) in [7, 11) is 0. The molecule has 1 amide bonds. The van der Waals surface area contributed by atoms with Gasteiger partial charge in [0.15, 0.2) is 0 Å². The zero-order valence-electron chi connectivity index (χ0n) is 13.4. The van der Waals surface area contributed by atoms with Crippen molar-refractivity contribution in [2.45, 2.75) is 20.3 Å². The summed E-state index contributed by atoms with van der Waals surface area (Å²) < 4.78 is 27.2. The van der Waals surface area contributed by atoms with Crippen molar-refractivity contribution in [2.75, 3.05) is 16.4 Å². The van der Waals surface area contributed by atoms with E-state index in [1.165, 1.54) is 6.07 Å². The van der Waals surface area contributed by atoms with E-state index in [1.54, 1.807) is 12.1 Å². The van der Waals surface area contributed by atoms with Crippen molar-refractivity contribution in [3.63, 3.8) is 0 Å². The molecule has 2 aromatic rings. The van der Waals surface area contributed by atoms with Gasteiger partial charge in [0.25, 0.3) is 0 Å². The Morgan fingerprint density at radius 2 is 1.92 bits per heavy atom. The number of nitrogens with zero attached hydrogens (tertiary/aromatic N) is 1. The quantitative estimate of drug-likeness (QED) is 0.418. The number of nitrogens with one attached hydrogen (secondary N) is 1. The van der Waals surface area contributed by atoms with Crippen LogP contribution in [0.5, 0.6) is 0 Å². The third-order valence-corrected chi connectivity index (χ3v) is 13.0. The molecule has 1 N–H and O–H groups in total. The zero-order valence-corrected chi connectivity index (χ0v) is 15.6. The Bertz CT molecular complexity index is 873. The first-order valence-corrected chi connectivity index (χ1v) is 12.0. The fourth-order valence-corrected chi connectivity index (χ4v) is 11.9. The molecule has 2 aromatic carbocycles. The number of anilines is 1. The Kier molecular flexibility index (Phi) is 3.29. The fourth-order valence-electron chi connectivity index (χ4n) is 4.23. The van der Waals surface area contributed by atoms with Crippen LogP contribution in [0.1, 0.15) is 23.1 Å². The molecule has 1 unspecified atom stereocenters. The molecule has 130 valence electrons. The van der Waals surface area contributed by atoms with Crippen LogP contribution in [0, 0.1) is 0 Å². The molecular formula is C19H17F2IN2O. The van der Waals surface area contributed by atoms with Gasteiger partial charge in [0, 0.05) is 0 Å². The first kappa shape index (κ1) is 15.7. The molecule has 3 aliphatic rings. The van der Waals surface area contributed by atoms with E-state index in [0.717, 1.165) is 5.56 Å². The average molecular weight is 454 g/mol. The summed E-state index contributed by atoms with van der Waals surface area (Å²) >= 11 is -2.97. The molecule has 3 heterocycles. The number of rotatable bonds is 2. The topological polar surface area (TPSA) is 32.3 Å². The standard InChI is InChI=1S/C19H17F2IN2O/c20-19(21)14-7-4-8-15-16(14)18(17(25)23-15)9-10-24(12-22(18)19)11-13-5-2-1-3-6-13/h1-8H,9-12H2,(H,23,25). The number of hydrogen-bond acceptors (Lipinski definition) is 2. The second-order valence-electron chi connectivity index (χ2n) is 6.75. The predicted molar refractivity (Wildman–Crippen MR) is 101 cm³/mol. The van der Waals surface area contributed by atoms with Gasteiger partial charge in [-0.3, -0.25) is 0 Å². The third-order valence-electron chi connectivity index (χ3n) is 5.36.